The fraction of sp³-hybridized carbons (Fsp3) is 0.538. The second-order valence-electron chi connectivity index (χ2n) is 4.76. The van der Waals surface area contributed by atoms with E-state index in [0.29, 0.717) is 10.4 Å². The van der Waals surface area contributed by atoms with Crippen LogP contribution in [0.15, 0.2) is 18.2 Å². The first kappa shape index (κ1) is 11.7. The molecule has 2 rings (SSSR count). The van der Waals surface area contributed by atoms with Crippen molar-refractivity contribution < 1.29 is 4.74 Å². The Morgan fingerprint density at radius 3 is 2.81 bits per heavy atom. The molecule has 1 saturated carbocycles. The largest absolute Gasteiger partial charge is 0.491 e. The molecule has 2 nitrogen and oxygen atoms in total. The van der Waals surface area contributed by atoms with Crippen molar-refractivity contribution in [3.8, 4) is 5.75 Å². The lowest BCUT2D eigenvalue weighted by Crippen LogP contribution is -2.17. The van der Waals surface area contributed by atoms with Crippen LogP contribution in [0.3, 0.4) is 0 Å². The molecule has 0 aliphatic heterocycles. The highest BCUT2D eigenvalue weighted by Crippen LogP contribution is 2.48. The molecule has 88 valence electrons. The lowest BCUT2D eigenvalue weighted by atomic mass is 10.0. The first-order chi connectivity index (χ1) is 7.65. The fourth-order valence-corrected chi connectivity index (χ4v) is 2.07. The summed E-state index contributed by atoms with van der Waals surface area (Å²) in [4.78, 5) is 0. The van der Waals surface area contributed by atoms with Crippen LogP contribution < -0.4 is 10.5 Å². The van der Waals surface area contributed by atoms with Crippen molar-refractivity contribution in [2.45, 2.75) is 26.2 Å². The lowest BCUT2D eigenvalue weighted by Gasteiger charge is -2.16. The maximum Gasteiger partial charge on any atom is 0.138 e. The number of nitrogens with two attached hydrogens (primary N) is 1. The van der Waals surface area contributed by atoms with Gasteiger partial charge in [0.1, 0.15) is 5.75 Å². The maximum atomic E-state index is 6.07. The van der Waals surface area contributed by atoms with Crippen LogP contribution in [0.25, 0.3) is 0 Å². The molecule has 0 atom stereocenters. The Bertz CT molecular complexity index is 374. The van der Waals surface area contributed by atoms with Crippen LogP contribution in [-0.4, -0.2) is 13.2 Å². The summed E-state index contributed by atoms with van der Waals surface area (Å²) < 4.78 is 5.81. The molecule has 0 amide bonds. The van der Waals surface area contributed by atoms with Crippen LogP contribution in [-0.2, 0) is 0 Å². The minimum Gasteiger partial charge on any atom is -0.491 e. The molecule has 1 aromatic rings. The van der Waals surface area contributed by atoms with E-state index in [-0.39, 0.29) is 0 Å². The summed E-state index contributed by atoms with van der Waals surface area (Å²) in [6.45, 7) is 3.52. The Balaban J connectivity index is 1.97. The number of aryl methyl sites for hydroxylation is 1. The van der Waals surface area contributed by atoms with Gasteiger partial charge in [0.25, 0.3) is 0 Å². The minimum atomic E-state index is 0.335. The summed E-state index contributed by atoms with van der Waals surface area (Å²) in [5.41, 5.74) is 7.10. The smallest absolute Gasteiger partial charge is 0.138 e. The molecule has 2 N–H and O–H groups in total. The van der Waals surface area contributed by atoms with E-state index in [1.807, 2.05) is 25.1 Å². The summed E-state index contributed by atoms with van der Waals surface area (Å²) in [6.07, 6.45) is 3.51. The first-order valence-corrected chi connectivity index (χ1v) is 6.12. The molecule has 0 aromatic heterocycles. The van der Waals surface area contributed by atoms with Crippen LogP contribution in [0.4, 0.5) is 0 Å². The zero-order valence-electron chi connectivity index (χ0n) is 9.63. The average molecular weight is 240 g/mol. The van der Waals surface area contributed by atoms with Gasteiger partial charge in [-0.25, -0.2) is 0 Å². The van der Waals surface area contributed by atoms with E-state index in [1.54, 1.807) is 0 Å². The van der Waals surface area contributed by atoms with Gasteiger partial charge >= 0.3 is 0 Å². The second-order valence-corrected chi connectivity index (χ2v) is 5.17. The Morgan fingerprint density at radius 2 is 2.19 bits per heavy atom. The predicted molar refractivity (Wildman–Crippen MR) is 67.0 cm³/mol. The third kappa shape index (κ3) is 2.69. The van der Waals surface area contributed by atoms with Crippen LogP contribution >= 0.6 is 11.6 Å². The summed E-state index contributed by atoms with van der Waals surface area (Å²) >= 11 is 6.07. The van der Waals surface area contributed by atoms with Crippen molar-refractivity contribution >= 4 is 11.6 Å². The number of halogens is 1. The SMILES string of the molecule is Cc1ccc(Cl)c(OCC2(CCN)CC2)c1. The number of hydrogen-bond acceptors (Lipinski definition) is 2. The standard InChI is InChI=1S/C13H18ClNO/c1-10-2-3-11(14)12(8-10)16-9-13(4-5-13)6-7-15/h2-3,8H,4-7,9,15H2,1H3. The van der Waals surface area contributed by atoms with Crippen molar-refractivity contribution in [1.82, 2.24) is 0 Å². The van der Waals surface area contributed by atoms with Gasteiger partial charge in [-0.2, -0.15) is 0 Å². The van der Waals surface area contributed by atoms with Crippen molar-refractivity contribution in [1.29, 1.82) is 0 Å². The zero-order chi connectivity index (χ0) is 11.6. The maximum absolute atomic E-state index is 6.07. The lowest BCUT2D eigenvalue weighted by molar-refractivity contribution is 0.227. The average Bonchev–Trinajstić information content (AvgIpc) is 3.01. The zero-order valence-corrected chi connectivity index (χ0v) is 10.4. The van der Waals surface area contributed by atoms with Crippen LogP contribution in [0.5, 0.6) is 5.75 Å². The van der Waals surface area contributed by atoms with Crippen molar-refractivity contribution in [2.75, 3.05) is 13.2 Å². The topological polar surface area (TPSA) is 35.2 Å². The van der Waals surface area contributed by atoms with Crippen molar-refractivity contribution in [3.63, 3.8) is 0 Å². The third-order valence-corrected chi connectivity index (χ3v) is 3.56. The predicted octanol–water partition coefficient (Wildman–Crippen LogP) is 3.16. The van der Waals surface area contributed by atoms with E-state index in [9.17, 15) is 0 Å². The Morgan fingerprint density at radius 1 is 1.44 bits per heavy atom. The fourth-order valence-electron chi connectivity index (χ4n) is 1.90. The summed E-state index contributed by atoms with van der Waals surface area (Å²) in [7, 11) is 0. The molecule has 1 fully saturated rings. The molecular weight excluding hydrogens is 222 g/mol. The number of benzene rings is 1. The molecule has 0 radical (unpaired) electrons. The molecule has 0 saturated heterocycles. The number of ether oxygens (including phenoxy) is 1. The first-order valence-electron chi connectivity index (χ1n) is 5.74. The van der Waals surface area contributed by atoms with Gasteiger partial charge < -0.3 is 10.5 Å². The summed E-state index contributed by atoms with van der Waals surface area (Å²) in [5.74, 6) is 0.796. The summed E-state index contributed by atoms with van der Waals surface area (Å²) in [6, 6.07) is 5.86. The third-order valence-electron chi connectivity index (χ3n) is 3.25. The van der Waals surface area contributed by atoms with Gasteiger partial charge in [0.15, 0.2) is 0 Å². The van der Waals surface area contributed by atoms with Crippen LogP contribution in [0.2, 0.25) is 5.02 Å². The van der Waals surface area contributed by atoms with E-state index in [4.69, 9.17) is 22.1 Å². The van der Waals surface area contributed by atoms with Gasteiger partial charge in [-0.15, -0.1) is 0 Å². The highest BCUT2D eigenvalue weighted by Gasteiger charge is 2.42. The van der Waals surface area contributed by atoms with Gasteiger partial charge in [-0.05, 0) is 50.4 Å². The van der Waals surface area contributed by atoms with E-state index < -0.39 is 0 Å². The van der Waals surface area contributed by atoms with Gasteiger partial charge in [0.2, 0.25) is 0 Å². The second kappa shape index (κ2) is 4.64. The van der Waals surface area contributed by atoms with Crippen LogP contribution in [0.1, 0.15) is 24.8 Å². The highest BCUT2D eigenvalue weighted by atomic mass is 35.5. The summed E-state index contributed by atoms with van der Waals surface area (Å²) in [5, 5.41) is 0.689. The van der Waals surface area contributed by atoms with Gasteiger partial charge in [-0.3, -0.25) is 0 Å². The molecule has 0 bridgehead atoms. The van der Waals surface area contributed by atoms with E-state index in [2.05, 4.69) is 0 Å². The molecule has 3 heteroatoms. The van der Waals surface area contributed by atoms with Crippen LogP contribution in [0, 0.1) is 12.3 Å². The minimum absolute atomic E-state index is 0.335. The highest BCUT2D eigenvalue weighted by molar-refractivity contribution is 6.32. The van der Waals surface area contributed by atoms with Gasteiger partial charge in [-0.1, -0.05) is 17.7 Å². The molecule has 1 aliphatic carbocycles. The quantitative estimate of drug-likeness (QED) is 0.857. The van der Waals surface area contributed by atoms with Crippen molar-refractivity contribution in [2.24, 2.45) is 11.1 Å². The van der Waals surface area contributed by atoms with Crippen molar-refractivity contribution in [3.05, 3.63) is 28.8 Å². The molecule has 1 aliphatic rings. The molecular formula is C13H18ClNO. The van der Waals surface area contributed by atoms with E-state index in [0.717, 1.165) is 25.3 Å². The number of hydrogen-bond donors (Lipinski definition) is 1. The molecule has 1 aromatic carbocycles. The molecule has 0 heterocycles. The Labute approximate surface area is 102 Å². The molecule has 0 spiro atoms. The monoisotopic (exact) mass is 239 g/mol. The molecule has 16 heavy (non-hydrogen) atoms. The van der Waals surface area contributed by atoms with E-state index in [1.165, 1.54) is 18.4 Å². The Hall–Kier alpha value is -0.730. The number of rotatable bonds is 5. The normalized spacial score (nSPS) is 17.2. The van der Waals surface area contributed by atoms with Gasteiger partial charge in [0, 0.05) is 5.41 Å². The van der Waals surface area contributed by atoms with Gasteiger partial charge in [0.05, 0.1) is 11.6 Å². The molecule has 0 unspecified atom stereocenters. The Kier molecular flexibility index (Phi) is 3.41. The van der Waals surface area contributed by atoms with E-state index >= 15 is 0 Å².